The van der Waals surface area contributed by atoms with Crippen LogP contribution in [0, 0.1) is 11.3 Å². The average molecular weight is 428 g/mol. The van der Waals surface area contributed by atoms with Crippen LogP contribution in [0.4, 0.5) is 5.00 Å². The molecule has 0 unspecified atom stereocenters. The minimum absolute atomic E-state index is 0.186. The monoisotopic (exact) mass is 427 g/mol. The molecule has 1 aromatic heterocycles. The van der Waals surface area contributed by atoms with Crippen molar-refractivity contribution in [3.05, 3.63) is 45.8 Å². The van der Waals surface area contributed by atoms with Crippen LogP contribution in [0.3, 0.4) is 0 Å². The molecule has 0 bridgehead atoms. The first-order chi connectivity index (χ1) is 14.1. The molecule has 0 radical (unpaired) electrons. The first-order valence-corrected chi connectivity index (χ1v) is 11.2. The van der Waals surface area contributed by atoms with Crippen molar-refractivity contribution in [3.63, 3.8) is 0 Å². The molecule has 5 nitrogen and oxygen atoms in total. The van der Waals surface area contributed by atoms with Crippen molar-refractivity contribution in [1.29, 1.82) is 5.26 Å². The molecule has 29 heavy (non-hydrogen) atoms. The van der Waals surface area contributed by atoms with Gasteiger partial charge in [-0.05, 0) is 62.0 Å². The molecule has 1 aromatic carbocycles. The Bertz CT molecular complexity index is 931. The number of amides is 1. The molecule has 3 rings (SSSR count). The van der Waals surface area contributed by atoms with Gasteiger partial charge in [0.15, 0.2) is 5.11 Å². The van der Waals surface area contributed by atoms with Crippen LogP contribution < -0.4 is 15.4 Å². The first kappa shape index (κ1) is 21.3. The van der Waals surface area contributed by atoms with E-state index in [1.165, 1.54) is 4.88 Å². The number of anilines is 1. The Morgan fingerprint density at radius 2 is 2.07 bits per heavy atom. The van der Waals surface area contributed by atoms with E-state index in [0.717, 1.165) is 50.5 Å². The van der Waals surface area contributed by atoms with Gasteiger partial charge in [0.2, 0.25) is 0 Å². The summed E-state index contributed by atoms with van der Waals surface area (Å²) >= 11 is 6.90. The number of hydrogen-bond acceptors (Lipinski definition) is 5. The second kappa shape index (κ2) is 10.4. The van der Waals surface area contributed by atoms with E-state index < -0.39 is 0 Å². The van der Waals surface area contributed by atoms with Crippen LogP contribution >= 0.6 is 23.6 Å². The lowest BCUT2D eigenvalue weighted by Crippen LogP contribution is -2.34. The molecule has 0 saturated heterocycles. The minimum Gasteiger partial charge on any atom is -0.493 e. The molecule has 2 N–H and O–H groups in total. The number of para-hydroxylation sites is 1. The number of nitrogens with zero attached hydrogens (tertiary/aromatic N) is 1. The van der Waals surface area contributed by atoms with Crippen molar-refractivity contribution in [3.8, 4) is 11.8 Å². The molecule has 2 aromatic rings. The van der Waals surface area contributed by atoms with Crippen molar-refractivity contribution in [2.24, 2.45) is 0 Å². The number of nitrogens with one attached hydrogen (secondary N) is 2. The van der Waals surface area contributed by atoms with Crippen molar-refractivity contribution < 1.29 is 9.53 Å². The molecular weight excluding hydrogens is 402 g/mol. The van der Waals surface area contributed by atoms with E-state index in [-0.39, 0.29) is 11.0 Å². The van der Waals surface area contributed by atoms with E-state index in [0.29, 0.717) is 28.5 Å². The standard InChI is InChI=1S/C22H25N3O2S2/c1-2-3-8-13-27-18-11-6-4-10-16(18)20(26)24-22(28)25-21-17(14-23)15-9-5-7-12-19(15)29-21/h4,6,10-11H,2-3,5,7-9,12-13H2,1H3,(H2,24,25,26,28). The molecule has 152 valence electrons. The zero-order valence-electron chi connectivity index (χ0n) is 16.5. The second-order valence-corrected chi connectivity index (χ2v) is 8.50. The molecule has 0 saturated carbocycles. The topological polar surface area (TPSA) is 74.2 Å². The number of thiocarbonyl (C=S) groups is 1. The van der Waals surface area contributed by atoms with E-state index >= 15 is 0 Å². The summed E-state index contributed by atoms with van der Waals surface area (Å²) in [5.41, 5.74) is 2.23. The fourth-order valence-electron chi connectivity index (χ4n) is 3.39. The van der Waals surface area contributed by atoms with Crippen LogP contribution in [0.2, 0.25) is 0 Å². The predicted octanol–water partition coefficient (Wildman–Crippen LogP) is 5.19. The summed E-state index contributed by atoms with van der Waals surface area (Å²) in [5, 5.41) is 16.2. The quantitative estimate of drug-likeness (QED) is 0.470. The third kappa shape index (κ3) is 5.34. The fraction of sp³-hybridized carbons (Fsp3) is 0.409. The van der Waals surface area contributed by atoms with E-state index in [1.807, 2.05) is 6.07 Å². The Labute approximate surface area is 181 Å². The number of unbranched alkanes of at least 4 members (excludes halogenated alkanes) is 2. The number of ether oxygens (including phenoxy) is 1. The third-order valence-corrected chi connectivity index (χ3v) is 6.29. The highest BCUT2D eigenvalue weighted by Gasteiger charge is 2.22. The van der Waals surface area contributed by atoms with Crippen LogP contribution in [-0.4, -0.2) is 17.6 Å². The molecule has 1 heterocycles. The van der Waals surface area contributed by atoms with Gasteiger partial charge < -0.3 is 10.1 Å². The van der Waals surface area contributed by atoms with Gasteiger partial charge in [-0.2, -0.15) is 5.26 Å². The van der Waals surface area contributed by atoms with Gasteiger partial charge in [-0.15, -0.1) is 11.3 Å². The molecule has 1 aliphatic carbocycles. The Morgan fingerprint density at radius 3 is 2.86 bits per heavy atom. The molecule has 0 atom stereocenters. The van der Waals surface area contributed by atoms with E-state index in [9.17, 15) is 10.1 Å². The summed E-state index contributed by atoms with van der Waals surface area (Å²) in [5.74, 6) is 0.224. The fourth-order valence-corrected chi connectivity index (χ4v) is 4.89. The zero-order valence-corrected chi connectivity index (χ0v) is 18.2. The number of nitriles is 1. The summed E-state index contributed by atoms with van der Waals surface area (Å²) in [6, 6.07) is 9.44. The second-order valence-electron chi connectivity index (χ2n) is 6.99. The highest BCUT2D eigenvalue weighted by atomic mass is 32.1. The lowest BCUT2D eigenvalue weighted by molar-refractivity contribution is 0.0973. The molecular formula is C22H25N3O2S2. The van der Waals surface area contributed by atoms with Gasteiger partial charge in [-0.25, -0.2) is 0 Å². The SMILES string of the molecule is CCCCCOc1ccccc1C(=O)NC(=S)Nc1sc2c(c1C#N)CCCC2. The largest absolute Gasteiger partial charge is 0.493 e. The van der Waals surface area contributed by atoms with E-state index in [4.69, 9.17) is 17.0 Å². The average Bonchev–Trinajstić information content (AvgIpc) is 3.08. The highest BCUT2D eigenvalue weighted by Crippen LogP contribution is 2.37. The summed E-state index contributed by atoms with van der Waals surface area (Å²) in [7, 11) is 0. The van der Waals surface area contributed by atoms with Gasteiger partial charge >= 0.3 is 0 Å². The van der Waals surface area contributed by atoms with E-state index in [1.54, 1.807) is 29.5 Å². The van der Waals surface area contributed by atoms with Gasteiger partial charge in [-0.1, -0.05) is 31.9 Å². The molecule has 7 heteroatoms. The zero-order chi connectivity index (χ0) is 20.6. The minimum atomic E-state index is -0.326. The predicted molar refractivity (Wildman–Crippen MR) is 121 cm³/mol. The summed E-state index contributed by atoms with van der Waals surface area (Å²) < 4.78 is 5.79. The number of thiophene rings is 1. The van der Waals surface area contributed by atoms with Gasteiger partial charge in [0.25, 0.3) is 5.91 Å². The summed E-state index contributed by atoms with van der Waals surface area (Å²) in [6.07, 6.45) is 7.33. The maximum absolute atomic E-state index is 12.7. The van der Waals surface area contributed by atoms with Crippen molar-refractivity contribution in [1.82, 2.24) is 5.32 Å². The van der Waals surface area contributed by atoms with Crippen LogP contribution in [0.1, 0.15) is 65.4 Å². The van der Waals surface area contributed by atoms with Gasteiger partial charge in [0.1, 0.15) is 16.8 Å². The smallest absolute Gasteiger partial charge is 0.261 e. The number of rotatable bonds is 7. The van der Waals surface area contributed by atoms with Gasteiger partial charge in [-0.3, -0.25) is 10.1 Å². The third-order valence-electron chi connectivity index (χ3n) is 4.87. The lowest BCUT2D eigenvalue weighted by Gasteiger charge is -2.12. The summed E-state index contributed by atoms with van der Waals surface area (Å²) in [6.45, 7) is 2.71. The van der Waals surface area contributed by atoms with Crippen LogP contribution in [0.15, 0.2) is 24.3 Å². The molecule has 0 fully saturated rings. The van der Waals surface area contributed by atoms with Gasteiger partial charge in [0, 0.05) is 4.88 Å². The lowest BCUT2D eigenvalue weighted by atomic mass is 9.96. The normalized spacial score (nSPS) is 12.6. The maximum Gasteiger partial charge on any atom is 0.261 e. The summed E-state index contributed by atoms with van der Waals surface area (Å²) in [4.78, 5) is 14.0. The van der Waals surface area contributed by atoms with Crippen LogP contribution in [0.5, 0.6) is 5.75 Å². The molecule has 0 spiro atoms. The van der Waals surface area contributed by atoms with Crippen molar-refractivity contribution >= 4 is 39.6 Å². The molecule has 0 aliphatic heterocycles. The number of hydrogen-bond donors (Lipinski definition) is 2. The van der Waals surface area contributed by atoms with E-state index in [2.05, 4.69) is 23.6 Å². The Kier molecular flexibility index (Phi) is 7.62. The number of carbonyl (C=O) groups is 1. The number of benzene rings is 1. The number of fused-ring (bicyclic) bond motifs is 1. The van der Waals surface area contributed by atoms with Crippen LogP contribution in [-0.2, 0) is 12.8 Å². The first-order valence-electron chi connectivity index (χ1n) is 10.0. The molecule has 1 amide bonds. The van der Waals surface area contributed by atoms with Crippen molar-refractivity contribution in [2.45, 2.75) is 51.9 Å². The van der Waals surface area contributed by atoms with Crippen molar-refractivity contribution in [2.75, 3.05) is 11.9 Å². The number of aryl methyl sites for hydroxylation is 1. The maximum atomic E-state index is 12.7. The Morgan fingerprint density at radius 1 is 1.28 bits per heavy atom. The highest BCUT2D eigenvalue weighted by molar-refractivity contribution is 7.80. The molecule has 1 aliphatic rings. The number of carbonyl (C=O) groups excluding carboxylic acids is 1. The van der Waals surface area contributed by atoms with Gasteiger partial charge in [0.05, 0.1) is 17.7 Å². The Hall–Kier alpha value is -2.43. The Balaban J connectivity index is 1.65. The van der Waals surface area contributed by atoms with Crippen LogP contribution in [0.25, 0.3) is 0 Å².